The van der Waals surface area contributed by atoms with Crippen LogP contribution in [0.4, 0.5) is 51.2 Å². The Morgan fingerprint density at radius 3 is 1.30 bits per heavy atom. The molecule has 11 aromatic carbocycles. The van der Waals surface area contributed by atoms with Crippen molar-refractivity contribution in [1.82, 2.24) is 0 Å². The maximum Gasteiger partial charge on any atom is 0.143 e. The molecule has 1 aromatic heterocycles. The summed E-state index contributed by atoms with van der Waals surface area (Å²) < 4.78 is 6.65. The predicted octanol–water partition coefficient (Wildman–Crippen LogP) is 17.5. The van der Waals surface area contributed by atoms with Crippen LogP contribution in [0.3, 0.4) is 0 Å². The number of para-hydroxylation sites is 4. The van der Waals surface area contributed by atoms with Gasteiger partial charge in [0.15, 0.2) is 0 Å². The fourth-order valence-corrected chi connectivity index (χ4v) is 9.53. The molecule has 0 saturated carbocycles. The molecule has 302 valence electrons. The highest BCUT2D eigenvalue weighted by Gasteiger charge is 2.22. The van der Waals surface area contributed by atoms with Crippen molar-refractivity contribution in [3.63, 3.8) is 0 Å². The number of rotatable bonds is 9. The summed E-state index contributed by atoms with van der Waals surface area (Å²) in [6, 6.07) is 88.8. The third kappa shape index (κ3) is 6.40. The van der Waals surface area contributed by atoms with Crippen LogP contribution < -0.4 is 14.7 Å². The van der Waals surface area contributed by atoms with Crippen molar-refractivity contribution in [3.05, 3.63) is 249 Å². The average Bonchev–Trinajstić information content (AvgIpc) is 3.76. The van der Waals surface area contributed by atoms with Crippen LogP contribution in [0.1, 0.15) is 0 Å². The standard InChI is InChI=1S/C60H41N3O/c1-4-21-43(22-5-1)61(44-23-6-2-7-24-44)46-27-17-29-48(39-46)63(57-35-16-20-42-19-10-11-31-51(42)57)49-30-18-28-47(40-49)62(45-25-8-3-9-26-45)50-37-38-53-52-32-12-13-33-54(52)60-59(56(53)41-50)55-34-14-15-36-58(55)64-60/h1-41H. The van der Waals surface area contributed by atoms with Crippen LogP contribution in [-0.2, 0) is 0 Å². The van der Waals surface area contributed by atoms with Crippen LogP contribution in [0.15, 0.2) is 253 Å². The summed E-state index contributed by atoms with van der Waals surface area (Å²) in [6.07, 6.45) is 0. The highest BCUT2D eigenvalue weighted by atomic mass is 16.3. The lowest BCUT2D eigenvalue weighted by Gasteiger charge is -2.31. The minimum absolute atomic E-state index is 0.890. The Morgan fingerprint density at radius 1 is 0.250 bits per heavy atom. The Labute approximate surface area is 371 Å². The molecule has 64 heavy (non-hydrogen) atoms. The molecule has 0 saturated heterocycles. The van der Waals surface area contributed by atoms with Crippen molar-refractivity contribution >= 4 is 105 Å². The van der Waals surface area contributed by atoms with Gasteiger partial charge in [-0.3, -0.25) is 0 Å². The van der Waals surface area contributed by atoms with E-state index < -0.39 is 0 Å². The van der Waals surface area contributed by atoms with Gasteiger partial charge in [0, 0.05) is 67.0 Å². The smallest absolute Gasteiger partial charge is 0.143 e. The van der Waals surface area contributed by atoms with E-state index in [4.69, 9.17) is 4.42 Å². The first kappa shape index (κ1) is 37.2. The van der Waals surface area contributed by atoms with E-state index in [1.807, 2.05) is 6.07 Å². The van der Waals surface area contributed by atoms with Crippen LogP contribution >= 0.6 is 0 Å². The van der Waals surface area contributed by atoms with Gasteiger partial charge in [-0.15, -0.1) is 0 Å². The molecule has 0 N–H and O–H groups in total. The van der Waals surface area contributed by atoms with E-state index in [9.17, 15) is 0 Å². The zero-order valence-electron chi connectivity index (χ0n) is 34.9. The number of anilines is 9. The molecule has 12 aromatic rings. The summed E-state index contributed by atoms with van der Waals surface area (Å²) in [6.45, 7) is 0. The molecule has 0 bridgehead atoms. The molecule has 0 spiro atoms. The average molecular weight is 820 g/mol. The molecule has 4 nitrogen and oxygen atoms in total. The van der Waals surface area contributed by atoms with Crippen molar-refractivity contribution in [2.45, 2.75) is 0 Å². The number of fused-ring (bicyclic) bond motifs is 9. The number of furan rings is 1. The summed E-state index contributed by atoms with van der Waals surface area (Å²) in [5, 5.41) is 9.25. The zero-order chi connectivity index (χ0) is 42.4. The molecule has 0 fully saturated rings. The Morgan fingerprint density at radius 2 is 0.672 bits per heavy atom. The molecular formula is C60H41N3O. The summed E-state index contributed by atoms with van der Waals surface area (Å²) in [5.41, 5.74) is 11.4. The number of benzene rings is 11. The molecule has 0 aliphatic carbocycles. The predicted molar refractivity (Wildman–Crippen MR) is 270 cm³/mol. The molecule has 4 heteroatoms. The van der Waals surface area contributed by atoms with Gasteiger partial charge in [0.2, 0.25) is 0 Å². The molecular weight excluding hydrogens is 779 g/mol. The number of hydrogen-bond acceptors (Lipinski definition) is 4. The molecule has 12 rings (SSSR count). The molecule has 0 aliphatic rings. The van der Waals surface area contributed by atoms with Gasteiger partial charge in [-0.05, 0) is 119 Å². The summed E-state index contributed by atoms with van der Waals surface area (Å²) in [7, 11) is 0. The van der Waals surface area contributed by atoms with Gasteiger partial charge in [0.1, 0.15) is 11.2 Å². The largest absolute Gasteiger partial charge is 0.455 e. The van der Waals surface area contributed by atoms with Crippen molar-refractivity contribution in [1.29, 1.82) is 0 Å². The maximum atomic E-state index is 6.65. The second kappa shape index (κ2) is 15.7. The van der Waals surface area contributed by atoms with Crippen LogP contribution in [0.25, 0.3) is 54.3 Å². The highest BCUT2D eigenvalue weighted by Crippen LogP contribution is 2.47. The Balaban J connectivity index is 1.07. The van der Waals surface area contributed by atoms with Crippen molar-refractivity contribution in [3.8, 4) is 0 Å². The molecule has 0 unspecified atom stereocenters. The Bertz CT molecular complexity index is 3590. The molecule has 1 heterocycles. The molecule has 0 amide bonds. The van der Waals surface area contributed by atoms with E-state index in [0.29, 0.717) is 0 Å². The van der Waals surface area contributed by atoms with Crippen LogP contribution in [-0.4, -0.2) is 0 Å². The number of hydrogen-bond donors (Lipinski definition) is 0. The minimum atomic E-state index is 0.890. The van der Waals surface area contributed by atoms with E-state index in [1.54, 1.807) is 0 Å². The third-order valence-electron chi connectivity index (χ3n) is 12.3. The quantitative estimate of drug-likeness (QED) is 0.135. The van der Waals surface area contributed by atoms with E-state index >= 15 is 0 Å². The summed E-state index contributed by atoms with van der Waals surface area (Å²) in [4.78, 5) is 7.10. The first-order chi connectivity index (χ1) is 31.8. The van der Waals surface area contributed by atoms with Gasteiger partial charge < -0.3 is 19.1 Å². The fraction of sp³-hybridized carbons (Fsp3) is 0. The van der Waals surface area contributed by atoms with Crippen LogP contribution in [0, 0.1) is 0 Å². The van der Waals surface area contributed by atoms with Crippen molar-refractivity contribution in [2.24, 2.45) is 0 Å². The lowest BCUT2D eigenvalue weighted by atomic mass is 9.96. The van der Waals surface area contributed by atoms with Gasteiger partial charge in [-0.25, -0.2) is 0 Å². The first-order valence-electron chi connectivity index (χ1n) is 21.8. The lowest BCUT2D eigenvalue weighted by molar-refractivity contribution is 0.673. The van der Waals surface area contributed by atoms with E-state index in [2.05, 4.69) is 257 Å². The van der Waals surface area contributed by atoms with Crippen molar-refractivity contribution < 1.29 is 4.42 Å². The van der Waals surface area contributed by atoms with Gasteiger partial charge in [-0.2, -0.15) is 0 Å². The fourth-order valence-electron chi connectivity index (χ4n) is 9.53. The Hall–Kier alpha value is -8.60. The van der Waals surface area contributed by atoms with E-state index in [1.165, 1.54) is 21.5 Å². The minimum Gasteiger partial charge on any atom is -0.455 e. The maximum absolute atomic E-state index is 6.65. The first-order valence-corrected chi connectivity index (χ1v) is 21.8. The van der Waals surface area contributed by atoms with Gasteiger partial charge in [-0.1, -0.05) is 152 Å². The molecule has 0 atom stereocenters. The third-order valence-corrected chi connectivity index (χ3v) is 12.3. The van der Waals surface area contributed by atoms with Gasteiger partial charge in [0.25, 0.3) is 0 Å². The van der Waals surface area contributed by atoms with Crippen LogP contribution in [0.2, 0.25) is 0 Å². The van der Waals surface area contributed by atoms with Crippen LogP contribution in [0.5, 0.6) is 0 Å². The van der Waals surface area contributed by atoms with Crippen molar-refractivity contribution in [2.75, 3.05) is 14.7 Å². The Kier molecular flexibility index (Phi) is 9.12. The normalized spacial score (nSPS) is 11.4. The second-order valence-electron chi connectivity index (χ2n) is 16.1. The second-order valence-corrected chi connectivity index (χ2v) is 16.1. The highest BCUT2D eigenvalue weighted by molar-refractivity contribution is 6.30. The van der Waals surface area contributed by atoms with E-state index in [-0.39, 0.29) is 0 Å². The molecule has 0 aliphatic heterocycles. The zero-order valence-corrected chi connectivity index (χ0v) is 34.9. The monoisotopic (exact) mass is 819 g/mol. The number of nitrogens with zero attached hydrogens (tertiary/aromatic N) is 3. The molecule has 0 radical (unpaired) electrons. The summed E-state index contributed by atoms with van der Waals surface area (Å²) in [5.74, 6) is 0. The lowest BCUT2D eigenvalue weighted by Crippen LogP contribution is -2.14. The summed E-state index contributed by atoms with van der Waals surface area (Å²) >= 11 is 0. The van der Waals surface area contributed by atoms with Gasteiger partial charge >= 0.3 is 0 Å². The van der Waals surface area contributed by atoms with Gasteiger partial charge in [0.05, 0.1) is 5.69 Å². The SMILES string of the molecule is c1ccc(N(c2ccccc2)c2cccc(N(c3cccc(N(c4ccccc4)c4ccc5c6ccccc6c6oc7ccccc7c6c5c4)c3)c3cccc4ccccc34)c2)cc1. The van der Waals surface area contributed by atoms with E-state index in [0.717, 1.165) is 83.9 Å². The topological polar surface area (TPSA) is 22.9 Å².